The highest BCUT2D eigenvalue weighted by atomic mass is 16.5. The molecule has 0 aromatic carbocycles. The summed E-state index contributed by atoms with van der Waals surface area (Å²) < 4.78 is 5.17. The first-order valence-electron chi connectivity index (χ1n) is 7.74. The van der Waals surface area contributed by atoms with Crippen molar-refractivity contribution < 1.29 is 9.53 Å². The van der Waals surface area contributed by atoms with Crippen LogP contribution in [0.25, 0.3) is 0 Å². The number of hydrogen-bond acceptors (Lipinski definition) is 2. The van der Waals surface area contributed by atoms with E-state index in [-0.39, 0.29) is 0 Å². The molecule has 0 fully saturated rings. The molecule has 0 radical (unpaired) electrons. The van der Waals surface area contributed by atoms with E-state index in [1.807, 2.05) is 19.1 Å². The number of rotatable bonds is 10. The van der Waals surface area contributed by atoms with Gasteiger partial charge < -0.3 is 4.74 Å². The second kappa shape index (κ2) is 11.5. The van der Waals surface area contributed by atoms with Crippen LogP contribution in [0.15, 0.2) is 36.6 Å². The number of allylic oxidation sites excluding steroid dienone is 3. The third-order valence-electron chi connectivity index (χ3n) is 3.27. The van der Waals surface area contributed by atoms with Crippen molar-refractivity contribution in [2.75, 3.05) is 0 Å². The van der Waals surface area contributed by atoms with Crippen LogP contribution in [0, 0.1) is 11.8 Å². The van der Waals surface area contributed by atoms with E-state index in [1.54, 1.807) is 0 Å². The van der Waals surface area contributed by atoms with E-state index in [1.165, 1.54) is 25.3 Å². The number of carbonyl (C=O) groups is 1. The van der Waals surface area contributed by atoms with Gasteiger partial charge in [0.1, 0.15) is 5.76 Å². The Morgan fingerprint density at radius 2 is 1.95 bits per heavy atom. The van der Waals surface area contributed by atoms with Crippen molar-refractivity contribution in [2.45, 2.75) is 59.8 Å². The van der Waals surface area contributed by atoms with Gasteiger partial charge in [-0.3, -0.25) is 0 Å². The van der Waals surface area contributed by atoms with E-state index < -0.39 is 5.97 Å². The van der Waals surface area contributed by atoms with Gasteiger partial charge >= 0.3 is 5.97 Å². The van der Waals surface area contributed by atoms with Gasteiger partial charge in [-0.15, -0.1) is 0 Å². The summed E-state index contributed by atoms with van der Waals surface area (Å²) in [5.41, 5.74) is 0. The van der Waals surface area contributed by atoms with Crippen LogP contribution >= 0.6 is 0 Å². The van der Waals surface area contributed by atoms with Crippen molar-refractivity contribution in [1.82, 2.24) is 0 Å². The second-order valence-electron chi connectivity index (χ2n) is 5.52. The maximum Gasteiger partial charge on any atom is 0.335 e. The van der Waals surface area contributed by atoms with Crippen LogP contribution in [0.1, 0.15) is 59.8 Å². The van der Waals surface area contributed by atoms with E-state index >= 15 is 0 Å². The summed E-state index contributed by atoms with van der Waals surface area (Å²) in [5, 5.41) is 0. The fourth-order valence-electron chi connectivity index (χ4n) is 1.94. The van der Waals surface area contributed by atoms with E-state index in [0.29, 0.717) is 11.7 Å². The molecule has 1 atom stereocenters. The van der Waals surface area contributed by atoms with Crippen LogP contribution in [0.3, 0.4) is 0 Å². The molecule has 0 aromatic rings. The Balaban J connectivity index is 4.36. The molecule has 0 N–H and O–H groups in total. The maximum atomic E-state index is 11.2. The number of esters is 1. The lowest BCUT2D eigenvalue weighted by molar-refractivity contribution is -0.133. The molecule has 2 heteroatoms. The van der Waals surface area contributed by atoms with Crippen molar-refractivity contribution in [3.05, 3.63) is 36.6 Å². The van der Waals surface area contributed by atoms with Crippen LogP contribution in [0.5, 0.6) is 0 Å². The molecule has 0 amide bonds. The minimum atomic E-state index is -0.402. The van der Waals surface area contributed by atoms with Gasteiger partial charge in [-0.05, 0) is 43.3 Å². The zero-order chi connectivity index (χ0) is 15.4. The minimum Gasteiger partial charge on any atom is -0.424 e. The molecule has 0 bridgehead atoms. The smallest absolute Gasteiger partial charge is 0.335 e. The number of hydrogen-bond donors (Lipinski definition) is 0. The fraction of sp³-hybridized carbons (Fsp3) is 0.611. The highest BCUT2D eigenvalue weighted by Gasteiger charge is 2.06. The SMILES string of the molecule is C=CC(=O)OC(/C=C\CC(CC)CCC(C)C)=C/CC. The molecule has 0 saturated heterocycles. The van der Waals surface area contributed by atoms with Crippen molar-refractivity contribution in [3.63, 3.8) is 0 Å². The predicted octanol–water partition coefficient (Wildman–Crippen LogP) is 5.42. The standard InChI is InChI=1S/C18H30O2/c1-6-10-17(20-18(19)8-3)12-9-11-16(7-2)14-13-15(4)5/h8-10,12,15-16H,3,6-7,11,13-14H2,1-2,4-5H3/b12-9-,17-10+. The number of ether oxygens (including phenoxy) is 1. The summed E-state index contributed by atoms with van der Waals surface area (Å²) >= 11 is 0. The molecule has 0 aromatic heterocycles. The normalized spacial score (nSPS) is 13.8. The average molecular weight is 278 g/mol. The highest BCUT2D eigenvalue weighted by molar-refractivity contribution is 5.82. The van der Waals surface area contributed by atoms with Crippen LogP contribution in [0.2, 0.25) is 0 Å². The summed E-state index contributed by atoms with van der Waals surface area (Å²) in [5.74, 6) is 1.70. The van der Waals surface area contributed by atoms with Crippen molar-refractivity contribution in [1.29, 1.82) is 0 Å². The maximum absolute atomic E-state index is 11.2. The summed E-state index contributed by atoms with van der Waals surface area (Å²) in [4.78, 5) is 11.2. The molecular formula is C18H30O2. The first kappa shape index (κ1) is 18.7. The summed E-state index contributed by atoms with van der Waals surface area (Å²) in [7, 11) is 0. The monoisotopic (exact) mass is 278 g/mol. The molecule has 0 spiro atoms. The van der Waals surface area contributed by atoms with E-state index in [4.69, 9.17) is 4.74 Å². The fourth-order valence-corrected chi connectivity index (χ4v) is 1.94. The van der Waals surface area contributed by atoms with Gasteiger partial charge in [0.05, 0.1) is 0 Å². The Morgan fingerprint density at radius 1 is 1.25 bits per heavy atom. The van der Waals surface area contributed by atoms with Crippen LogP contribution < -0.4 is 0 Å². The molecule has 2 nitrogen and oxygen atoms in total. The molecule has 0 heterocycles. The first-order valence-corrected chi connectivity index (χ1v) is 7.74. The van der Waals surface area contributed by atoms with Gasteiger partial charge in [0.2, 0.25) is 0 Å². The lowest BCUT2D eigenvalue weighted by Gasteiger charge is -2.13. The zero-order valence-corrected chi connectivity index (χ0v) is 13.5. The van der Waals surface area contributed by atoms with E-state index in [0.717, 1.165) is 18.8 Å². The molecule has 114 valence electrons. The Labute approximate surface area is 124 Å². The zero-order valence-electron chi connectivity index (χ0n) is 13.5. The van der Waals surface area contributed by atoms with Crippen molar-refractivity contribution >= 4 is 5.97 Å². The molecule has 0 rings (SSSR count). The third kappa shape index (κ3) is 9.60. The molecular weight excluding hydrogens is 248 g/mol. The molecule has 0 aliphatic heterocycles. The van der Waals surface area contributed by atoms with E-state index in [2.05, 4.69) is 33.4 Å². The lowest BCUT2D eigenvalue weighted by atomic mass is 9.93. The largest absolute Gasteiger partial charge is 0.424 e. The minimum absolute atomic E-state index is 0.402. The van der Waals surface area contributed by atoms with Gasteiger partial charge in [0.25, 0.3) is 0 Å². The molecule has 0 aliphatic rings. The molecule has 0 aliphatic carbocycles. The van der Waals surface area contributed by atoms with Gasteiger partial charge in [-0.25, -0.2) is 4.79 Å². The molecule has 1 unspecified atom stereocenters. The topological polar surface area (TPSA) is 26.3 Å². The Hall–Kier alpha value is -1.31. The van der Waals surface area contributed by atoms with Gasteiger partial charge in [-0.2, -0.15) is 0 Å². The Kier molecular flexibility index (Phi) is 10.8. The van der Waals surface area contributed by atoms with E-state index in [9.17, 15) is 4.79 Å². The summed E-state index contributed by atoms with van der Waals surface area (Å²) in [6.07, 6.45) is 12.7. The van der Waals surface area contributed by atoms with Crippen LogP contribution in [-0.2, 0) is 9.53 Å². The van der Waals surface area contributed by atoms with Crippen molar-refractivity contribution in [2.24, 2.45) is 11.8 Å². The van der Waals surface area contributed by atoms with Gasteiger partial charge in [0.15, 0.2) is 0 Å². The predicted molar refractivity (Wildman–Crippen MR) is 86.3 cm³/mol. The first-order chi connectivity index (χ1) is 9.53. The quantitative estimate of drug-likeness (QED) is 0.231. The molecule has 0 saturated carbocycles. The van der Waals surface area contributed by atoms with Gasteiger partial charge in [-0.1, -0.05) is 53.2 Å². The molecule has 20 heavy (non-hydrogen) atoms. The van der Waals surface area contributed by atoms with Crippen molar-refractivity contribution in [3.8, 4) is 0 Å². The summed E-state index contributed by atoms with van der Waals surface area (Å²) in [6, 6.07) is 0. The Bertz CT molecular complexity index is 337. The summed E-state index contributed by atoms with van der Waals surface area (Å²) in [6.45, 7) is 12.2. The highest BCUT2D eigenvalue weighted by Crippen LogP contribution is 2.19. The average Bonchev–Trinajstić information content (AvgIpc) is 2.42. The Morgan fingerprint density at radius 3 is 2.45 bits per heavy atom. The second-order valence-corrected chi connectivity index (χ2v) is 5.52. The van der Waals surface area contributed by atoms with Crippen LogP contribution in [0.4, 0.5) is 0 Å². The third-order valence-corrected chi connectivity index (χ3v) is 3.27. The van der Waals surface area contributed by atoms with Gasteiger partial charge in [0, 0.05) is 6.08 Å². The number of carbonyl (C=O) groups excluding carboxylic acids is 1. The van der Waals surface area contributed by atoms with Crippen LogP contribution in [-0.4, -0.2) is 5.97 Å². The lowest BCUT2D eigenvalue weighted by Crippen LogP contribution is -2.01.